The van der Waals surface area contributed by atoms with Crippen LogP contribution in [0.15, 0.2) is 48.7 Å². The third-order valence-corrected chi connectivity index (χ3v) is 3.75. The Morgan fingerprint density at radius 2 is 2.23 bits per heavy atom. The topological polar surface area (TPSA) is 69.0 Å². The summed E-state index contributed by atoms with van der Waals surface area (Å²) in [6.07, 6.45) is 2.66. The molecular weight excluding hydrogens is 276 g/mol. The van der Waals surface area contributed by atoms with Crippen molar-refractivity contribution in [2.24, 2.45) is 0 Å². The summed E-state index contributed by atoms with van der Waals surface area (Å²) in [5.74, 6) is 0.802. The van der Waals surface area contributed by atoms with Crippen LogP contribution in [-0.2, 0) is 0 Å². The standard InChI is InChI=1S/C17H16N4O/c18-11-13-4-3-5-14(10-13)17(22)20-15-7-9-21(12-15)16-6-1-2-8-19-16/h1-6,8,10,15H,7,9,12H2,(H,20,22)/t15-/m0/s1. The highest BCUT2D eigenvalue weighted by Crippen LogP contribution is 2.17. The molecule has 5 nitrogen and oxygen atoms in total. The zero-order valence-electron chi connectivity index (χ0n) is 12.1. The molecule has 22 heavy (non-hydrogen) atoms. The van der Waals surface area contributed by atoms with Gasteiger partial charge >= 0.3 is 0 Å². The Kier molecular flexibility index (Phi) is 4.01. The number of carbonyl (C=O) groups excluding carboxylic acids is 1. The molecule has 0 radical (unpaired) electrons. The van der Waals surface area contributed by atoms with Crippen molar-refractivity contribution in [3.63, 3.8) is 0 Å². The van der Waals surface area contributed by atoms with Gasteiger partial charge in [-0.2, -0.15) is 5.26 Å². The van der Waals surface area contributed by atoms with E-state index in [0.29, 0.717) is 11.1 Å². The van der Waals surface area contributed by atoms with Crippen molar-refractivity contribution in [2.75, 3.05) is 18.0 Å². The van der Waals surface area contributed by atoms with Crippen LogP contribution in [0.25, 0.3) is 0 Å². The molecule has 2 heterocycles. The average molecular weight is 292 g/mol. The second kappa shape index (κ2) is 6.27. The van der Waals surface area contributed by atoms with E-state index in [1.54, 1.807) is 30.5 Å². The number of carbonyl (C=O) groups is 1. The molecule has 0 saturated carbocycles. The summed E-state index contributed by atoms with van der Waals surface area (Å²) < 4.78 is 0. The van der Waals surface area contributed by atoms with E-state index in [2.05, 4.69) is 15.2 Å². The normalized spacial score (nSPS) is 17.0. The molecule has 0 bridgehead atoms. The van der Waals surface area contributed by atoms with Crippen LogP contribution in [0, 0.1) is 11.3 Å². The van der Waals surface area contributed by atoms with Crippen molar-refractivity contribution >= 4 is 11.7 Å². The van der Waals surface area contributed by atoms with Crippen LogP contribution in [0.3, 0.4) is 0 Å². The highest BCUT2D eigenvalue weighted by atomic mass is 16.1. The molecule has 1 aromatic heterocycles. The van der Waals surface area contributed by atoms with Crippen molar-refractivity contribution in [1.82, 2.24) is 10.3 Å². The first-order valence-corrected chi connectivity index (χ1v) is 7.23. The van der Waals surface area contributed by atoms with Crippen LogP contribution in [0.1, 0.15) is 22.3 Å². The Morgan fingerprint density at radius 1 is 1.32 bits per heavy atom. The molecule has 1 saturated heterocycles. The van der Waals surface area contributed by atoms with Crippen LogP contribution in [-0.4, -0.2) is 30.0 Å². The molecule has 1 aliphatic rings. The van der Waals surface area contributed by atoms with Crippen molar-refractivity contribution in [1.29, 1.82) is 5.26 Å². The number of amides is 1. The monoisotopic (exact) mass is 292 g/mol. The van der Waals surface area contributed by atoms with Gasteiger partial charge in [-0.25, -0.2) is 4.98 Å². The summed E-state index contributed by atoms with van der Waals surface area (Å²) in [7, 11) is 0. The smallest absolute Gasteiger partial charge is 0.251 e. The van der Waals surface area contributed by atoms with Gasteiger partial charge in [0.2, 0.25) is 0 Å². The maximum atomic E-state index is 12.3. The third kappa shape index (κ3) is 3.07. The molecular formula is C17H16N4O. The lowest BCUT2D eigenvalue weighted by Crippen LogP contribution is -2.37. The largest absolute Gasteiger partial charge is 0.354 e. The Balaban J connectivity index is 1.62. The summed E-state index contributed by atoms with van der Waals surface area (Å²) in [6.45, 7) is 1.63. The van der Waals surface area contributed by atoms with E-state index in [4.69, 9.17) is 5.26 Å². The van der Waals surface area contributed by atoms with Crippen LogP contribution >= 0.6 is 0 Å². The second-order valence-corrected chi connectivity index (χ2v) is 5.29. The number of aromatic nitrogens is 1. The van der Waals surface area contributed by atoms with Gasteiger partial charge < -0.3 is 10.2 Å². The minimum absolute atomic E-state index is 0.0975. The van der Waals surface area contributed by atoms with E-state index in [0.717, 1.165) is 25.3 Å². The van der Waals surface area contributed by atoms with Gasteiger partial charge in [0.15, 0.2) is 0 Å². The number of hydrogen-bond acceptors (Lipinski definition) is 4. The van der Waals surface area contributed by atoms with Crippen LogP contribution in [0.4, 0.5) is 5.82 Å². The highest BCUT2D eigenvalue weighted by Gasteiger charge is 2.25. The van der Waals surface area contributed by atoms with Crippen molar-refractivity contribution in [3.05, 3.63) is 59.8 Å². The predicted molar refractivity (Wildman–Crippen MR) is 83.5 cm³/mol. The van der Waals surface area contributed by atoms with Gasteiger partial charge in [0.25, 0.3) is 5.91 Å². The van der Waals surface area contributed by atoms with E-state index < -0.39 is 0 Å². The van der Waals surface area contributed by atoms with E-state index in [-0.39, 0.29) is 11.9 Å². The molecule has 1 N–H and O–H groups in total. The average Bonchev–Trinajstić information content (AvgIpc) is 3.04. The molecule has 1 atom stereocenters. The number of nitrogens with zero attached hydrogens (tertiary/aromatic N) is 3. The van der Waals surface area contributed by atoms with Crippen molar-refractivity contribution in [3.8, 4) is 6.07 Å². The molecule has 3 rings (SSSR count). The number of rotatable bonds is 3. The first kappa shape index (κ1) is 14.1. The number of nitriles is 1. The molecule has 1 amide bonds. The molecule has 2 aromatic rings. The summed E-state index contributed by atoms with van der Waals surface area (Å²) in [5.41, 5.74) is 1.02. The van der Waals surface area contributed by atoms with E-state index in [9.17, 15) is 4.79 Å². The second-order valence-electron chi connectivity index (χ2n) is 5.29. The van der Waals surface area contributed by atoms with E-state index in [1.807, 2.05) is 24.3 Å². The Morgan fingerprint density at radius 3 is 3.00 bits per heavy atom. The first-order chi connectivity index (χ1) is 10.8. The number of anilines is 1. The fourth-order valence-electron chi connectivity index (χ4n) is 2.63. The number of nitrogens with one attached hydrogen (secondary N) is 1. The van der Waals surface area contributed by atoms with Gasteiger partial charge in [-0.1, -0.05) is 12.1 Å². The van der Waals surface area contributed by atoms with E-state index in [1.165, 1.54) is 0 Å². The Hall–Kier alpha value is -2.87. The zero-order valence-corrected chi connectivity index (χ0v) is 12.1. The molecule has 0 unspecified atom stereocenters. The maximum absolute atomic E-state index is 12.3. The number of hydrogen-bond donors (Lipinski definition) is 1. The molecule has 1 aliphatic heterocycles. The van der Waals surface area contributed by atoms with Crippen molar-refractivity contribution in [2.45, 2.75) is 12.5 Å². The Labute approximate surface area is 129 Å². The molecule has 5 heteroatoms. The van der Waals surface area contributed by atoms with Gasteiger partial charge in [-0.3, -0.25) is 4.79 Å². The lowest BCUT2D eigenvalue weighted by molar-refractivity contribution is 0.0940. The minimum Gasteiger partial charge on any atom is -0.354 e. The maximum Gasteiger partial charge on any atom is 0.251 e. The third-order valence-electron chi connectivity index (χ3n) is 3.75. The number of pyridine rings is 1. The van der Waals surface area contributed by atoms with Crippen LogP contribution < -0.4 is 10.2 Å². The lowest BCUT2D eigenvalue weighted by atomic mass is 10.1. The lowest BCUT2D eigenvalue weighted by Gasteiger charge is -2.17. The molecule has 1 aromatic carbocycles. The molecule has 110 valence electrons. The first-order valence-electron chi connectivity index (χ1n) is 7.23. The Bertz CT molecular complexity index is 708. The van der Waals surface area contributed by atoms with Gasteiger partial charge in [0.05, 0.1) is 11.6 Å². The summed E-state index contributed by atoms with van der Waals surface area (Å²) in [4.78, 5) is 18.8. The fraction of sp³-hybridized carbons (Fsp3) is 0.235. The van der Waals surface area contributed by atoms with Crippen LogP contribution in [0.5, 0.6) is 0 Å². The molecule has 0 spiro atoms. The van der Waals surface area contributed by atoms with Gasteiger partial charge in [-0.05, 0) is 36.8 Å². The van der Waals surface area contributed by atoms with Gasteiger partial charge in [0.1, 0.15) is 5.82 Å². The van der Waals surface area contributed by atoms with Gasteiger partial charge in [-0.15, -0.1) is 0 Å². The van der Waals surface area contributed by atoms with Crippen LogP contribution in [0.2, 0.25) is 0 Å². The fourth-order valence-corrected chi connectivity index (χ4v) is 2.63. The predicted octanol–water partition coefficient (Wildman–Crippen LogP) is 1.96. The highest BCUT2D eigenvalue weighted by molar-refractivity contribution is 5.94. The molecule has 1 fully saturated rings. The van der Waals surface area contributed by atoms with Crippen molar-refractivity contribution < 1.29 is 4.79 Å². The zero-order chi connectivity index (χ0) is 15.4. The number of benzene rings is 1. The SMILES string of the molecule is N#Cc1cccc(C(=O)N[C@H]2CCN(c3ccccn3)C2)c1. The van der Waals surface area contributed by atoms with Gasteiger partial charge in [0, 0.05) is 30.9 Å². The summed E-state index contributed by atoms with van der Waals surface area (Å²) in [6, 6.07) is 14.7. The molecule has 0 aliphatic carbocycles. The summed E-state index contributed by atoms with van der Waals surface area (Å²) in [5, 5.41) is 11.9. The minimum atomic E-state index is -0.134. The van der Waals surface area contributed by atoms with E-state index >= 15 is 0 Å². The quantitative estimate of drug-likeness (QED) is 0.939. The summed E-state index contributed by atoms with van der Waals surface area (Å²) >= 11 is 0.